The molecule has 4 nitrogen and oxygen atoms in total. The summed E-state index contributed by atoms with van der Waals surface area (Å²) in [6, 6.07) is 0. The molecular weight excluding hydrogens is 180 g/mol. The minimum absolute atomic E-state index is 0.0204. The molecule has 1 amide bonds. The first-order valence-corrected chi connectivity index (χ1v) is 4.97. The second-order valence-electron chi connectivity index (χ2n) is 3.44. The molecule has 0 rings (SSSR count). The third-order valence-electron chi connectivity index (χ3n) is 2.09. The van der Waals surface area contributed by atoms with Gasteiger partial charge in [-0.15, -0.1) is 0 Å². The first-order valence-electron chi connectivity index (χ1n) is 4.97. The number of carbonyl (C=O) groups excluding carboxylic acids is 2. The van der Waals surface area contributed by atoms with Crippen molar-refractivity contribution in [3.8, 4) is 0 Å². The molecule has 0 atom stereocenters. The highest BCUT2D eigenvalue weighted by Gasteiger charge is 2.14. The van der Waals surface area contributed by atoms with Gasteiger partial charge in [0.2, 0.25) is 5.91 Å². The molecule has 0 bridgehead atoms. The van der Waals surface area contributed by atoms with Crippen LogP contribution in [-0.4, -0.2) is 54.7 Å². The maximum atomic E-state index is 11.6. The van der Waals surface area contributed by atoms with Gasteiger partial charge in [-0.25, -0.2) is 0 Å². The number of rotatable bonds is 6. The van der Waals surface area contributed by atoms with Crippen LogP contribution in [0.2, 0.25) is 0 Å². The van der Waals surface area contributed by atoms with Crippen LogP contribution in [0.3, 0.4) is 0 Å². The minimum atomic E-state index is 0.0204. The number of nitrogens with zero attached hydrogens (tertiary/aromatic N) is 2. The van der Waals surface area contributed by atoms with E-state index in [0.29, 0.717) is 13.1 Å². The molecule has 0 fully saturated rings. The third kappa shape index (κ3) is 4.97. The van der Waals surface area contributed by atoms with Crippen LogP contribution in [0.1, 0.15) is 20.8 Å². The highest BCUT2D eigenvalue weighted by Crippen LogP contribution is 1.92. The Bertz CT molecular complexity index is 204. The van der Waals surface area contributed by atoms with E-state index in [2.05, 4.69) is 0 Å². The third-order valence-corrected chi connectivity index (χ3v) is 2.09. The molecule has 0 unspecified atom stereocenters. The van der Waals surface area contributed by atoms with Crippen LogP contribution in [0.5, 0.6) is 0 Å². The van der Waals surface area contributed by atoms with Gasteiger partial charge in [-0.3, -0.25) is 14.5 Å². The van der Waals surface area contributed by atoms with Crippen LogP contribution in [-0.2, 0) is 9.59 Å². The van der Waals surface area contributed by atoms with Gasteiger partial charge in [-0.1, -0.05) is 6.92 Å². The van der Waals surface area contributed by atoms with Gasteiger partial charge in [0.1, 0.15) is 5.78 Å². The Morgan fingerprint density at radius 1 is 1.07 bits per heavy atom. The van der Waals surface area contributed by atoms with Crippen molar-refractivity contribution in [2.75, 3.05) is 33.2 Å². The predicted molar refractivity (Wildman–Crippen MR) is 56.1 cm³/mol. The van der Waals surface area contributed by atoms with Crippen molar-refractivity contribution in [3.05, 3.63) is 0 Å². The lowest BCUT2D eigenvalue weighted by Crippen LogP contribution is -2.41. The van der Waals surface area contributed by atoms with Crippen molar-refractivity contribution in [1.29, 1.82) is 0 Å². The van der Waals surface area contributed by atoms with Gasteiger partial charge in [0.05, 0.1) is 13.1 Å². The van der Waals surface area contributed by atoms with Crippen LogP contribution >= 0.6 is 0 Å². The summed E-state index contributed by atoms with van der Waals surface area (Å²) in [6.07, 6.45) is 0. The summed E-state index contributed by atoms with van der Waals surface area (Å²) in [5.41, 5.74) is 0. The van der Waals surface area contributed by atoms with Crippen molar-refractivity contribution in [2.45, 2.75) is 20.8 Å². The molecule has 0 saturated heterocycles. The lowest BCUT2D eigenvalue weighted by molar-refractivity contribution is -0.135. The number of likely N-dealkylation sites (N-methyl/N-ethyl adjacent to an activating group) is 2. The Morgan fingerprint density at radius 2 is 1.64 bits per heavy atom. The molecule has 0 N–H and O–H groups in total. The van der Waals surface area contributed by atoms with Gasteiger partial charge in [-0.05, 0) is 27.4 Å². The SMILES string of the molecule is CCN(C)CC(=O)N(CC)CC(C)=O. The smallest absolute Gasteiger partial charge is 0.237 e. The van der Waals surface area contributed by atoms with E-state index >= 15 is 0 Å². The summed E-state index contributed by atoms with van der Waals surface area (Å²) in [4.78, 5) is 26.0. The van der Waals surface area contributed by atoms with Crippen LogP contribution < -0.4 is 0 Å². The lowest BCUT2D eigenvalue weighted by Gasteiger charge is -2.22. The normalized spacial score (nSPS) is 10.4. The molecule has 4 heteroatoms. The van der Waals surface area contributed by atoms with E-state index in [1.165, 1.54) is 6.92 Å². The number of carbonyl (C=O) groups is 2. The molecule has 0 aromatic rings. The van der Waals surface area contributed by atoms with E-state index in [-0.39, 0.29) is 18.2 Å². The van der Waals surface area contributed by atoms with Gasteiger partial charge < -0.3 is 4.90 Å². The van der Waals surface area contributed by atoms with Crippen LogP contribution in [0.4, 0.5) is 0 Å². The number of hydrogen-bond donors (Lipinski definition) is 0. The first kappa shape index (κ1) is 13.1. The lowest BCUT2D eigenvalue weighted by atomic mass is 10.3. The Hall–Kier alpha value is -0.900. The topological polar surface area (TPSA) is 40.6 Å². The van der Waals surface area contributed by atoms with Crippen LogP contribution in [0.25, 0.3) is 0 Å². The standard InChI is InChI=1S/C10H20N2O2/c1-5-11(4)8-10(14)12(6-2)7-9(3)13/h5-8H2,1-4H3. The maximum absolute atomic E-state index is 11.6. The fourth-order valence-corrected chi connectivity index (χ4v) is 1.09. The molecule has 0 saturated carbocycles. The second kappa shape index (κ2) is 6.54. The number of hydrogen-bond acceptors (Lipinski definition) is 3. The van der Waals surface area contributed by atoms with E-state index in [1.54, 1.807) is 4.90 Å². The summed E-state index contributed by atoms with van der Waals surface area (Å²) in [7, 11) is 1.89. The zero-order chi connectivity index (χ0) is 11.1. The summed E-state index contributed by atoms with van der Waals surface area (Å²) >= 11 is 0. The number of Topliss-reactive ketones (excluding diaryl/α,β-unsaturated/α-hetero) is 1. The molecule has 0 aromatic heterocycles. The quantitative estimate of drug-likeness (QED) is 0.622. The maximum Gasteiger partial charge on any atom is 0.237 e. The van der Waals surface area contributed by atoms with Gasteiger partial charge in [0.25, 0.3) is 0 Å². The molecule has 82 valence electrons. The van der Waals surface area contributed by atoms with Gasteiger partial charge in [0.15, 0.2) is 0 Å². The average Bonchev–Trinajstić information content (AvgIpc) is 2.13. The monoisotopic (exact) mass is 200 g/mol. The minimum Gasteiger partial charge on any atom is -0.335 e. The molecule has 14 heavy (non-hydrogen) atoms. The number of amides is 1. The van der Waals surface area contributed by atoms with E-state index in [0.717, 1.165) is 6.54 Å². The molecule has 0 aromatic carbocycles. The van der Waals surface area contributed by atoms with Gasteiger partial charge in [-0.2, -0.15) is 0 Å². The zero-order valence-electron chi connectivity index (χ0n) is 9.54. The number of ketones is 1. The van der Waals surface area contributed by atoms with E-state index in [1.807, 2.05) is 25.8 Å². The van der Waals surface area contributed by atoms with Gasteiger partial charge >= 0.3 is 0 Å². The molecule has 0 heterocycles. The predicted octanol–water partition coefficient (Wildman–Crippen LogP) is 0.376. The van der Waals surface area contributed by atoms with E-state index in [9.17, 15) is 9.59 Å². The van der Waals surface area contributed by atoms with Crippen molar-refractivity contribution < 1.29 is 9.59 Å². The highest BCUT2D eigenvalue weighted by molar-refractivity contribution is 5.85. The van der Waals surface area contributed by atoms with E-state index in [4.69, 9.17) is 0 Å². The van der Waals surface area contributed by atoms with Crippen molar-refractivity contribution >= 4 is 11.7 Å². The van der Waals surface area contributed by atoms with Gasteiger partial charge in [0, 0.05) is 6.54 Å². The Kier molecular flexibility index (Phi) is 6.12. The molecule has 0 spiro atoms. The molecule has 0 aliphatic heterocycles. The highest BCUT2D eigenvalue weighted by atomic mass is 16.2. The second-order valence-corrected chi connectivity index (χ2v) is 3.44. The largest absolute Gasteiger partial charge is 0.335 e. The average molecular weight is 200 g/mol. The first-order chi connectivity index (χ1) is 6.51. The fraction of sp³-hybridized carbons (Fsp3) is 0.800. The molecule has 0 aliphatic carbocycles. The summed E-state index contributed by atoms with van der Waals surface area (Å²) in [6.45, 7) is 7.42. The zero-order valence-corrected chi connectivity index (χ0v) is 9.54. The Balaban J connectivity index is 4.10. The van der Waals surface area contributed by atoms with Crippen molar-refractivity contribution in [3.63, 3.8) is 0 Å². The molecule has 0 aliphatic rings. The summed E-state index contributed by atoms with van der Waals surface area (Å²) in [5.74, 6) is 0.0476. The molecular formula is C10H20N2O2. The van der Waals surface area contributed by atoms with E-state index < -0.39 is 0 Å². The van der Waals surface area contributed by atoms with Crippen molar-refractivity contribution in [1.82, 2.24) is 9.80 Å². The van der Waals surface area contributed by atoms with Crippen molar-refractivity contribution in [2.24, 2.45) is 0 Å². The summed E-state index contributed by atoms with van der Waals surface area (Å²) in [5, 5.41) is 0. The van der Waals surface area contributed by atoms with Crippen LogP contribution in [0, 0.1) is 0 Å². The Morgan fingerprint density at radius 3 is 2.00 bits per heavy atom. The molecule has 0 radical (unpaired) electrons. The van der Waals surface area contributed by atoms with Crippen LogP contribution in [0.15, 0.2) is 0 Å². The fourth-order valence-electron chi connectivity index (χ4n) is 1.09. The Labute approximate surface area is 85.9 Å². The summed E-state index contributed by atoms with van der Waals surface area (Å²) < 4.78 is 0.